The first-order valence-corrected chi connectivity index (χ1v) is 10.0. The monoisotopic (exact) mass is 408 g/mol. The number of rotatable bonds is 6. The van der Waals surface area contributed by atoms with Crippen molar-refractivity contribution < 1.29 is 19.1 Å². The molecule has 1 aliphatic rings. The number of carbonyl (C=O) groups excluding carboxylic acids is 2. The molecule has 30 heavy (non-hydrogen) atoms. The van der Waals surface area contributed by atoms with Gasteiger partial charge in [-0.2, -0.15) is 0 Å². The van der Waals surface area contributed by atoms with E-state index < -0.39 is 12.0 Å². The number of benzene rings is 2. The van der Waals surface area contributed by atoms with Gasteiger partial charge in [0, 0.05) is 7.05 Å². The topological polar surface area (TPSA) is 67.9 Å². The average molecular weight is 408 g/mol. The van der Waals surface area contributed by atoms with Gasteiger partial charge in [0.05, 0.1) is 23.9 Å². The zero-order valence-corrected chi connectivity index (χ0v) is 18.1. The van der Waals surface area contributed by atoms with E-state index in [1.54, 1.807) is 14.0 Å². The number of aryl methyl sites for hydroxylation is 3. The molecule has 0 radical (unpaired) electrons. The molecule has 1 heterocycles. The van der Waals surface area contributed by atoms with Crippen molar-refractivity contribution in [3.05, 3.63) is 76.0 Å². The van der Waals surface area contributed by atoms with Crippen LogP contribution in [0.1, 0.15) is 35.2 Å². The third-order valence-electron chi connectivity index (χ3n) is 5.30. The molecule has 2 aromatic rings. The van der Waals surface area contributed by atoms with Gasteiger partial charge < -0.3 is 14.8 Å². The SMILES string of the molecule is CCOC(=O)C1=C(COc2ccc(C)c(C)c2)N(C)C(=O)N[C@@H]1c1cccc(C)c1. The van der Waals surface area contributed by atoms with Crippen LogP contribution >= 0.6 is 0 Å². The summed E-state index contributed by atoms with van der Waals surface area (Å²) in [5, 5.41) is 2.92. The first-order valence-electron chi connectivity index (χ1n) is 10.0. The van der Waals surface area contributed by atoms with E-state index in [-0.39, 0.29) is 19.2 Å². The van der Waals surface area contributed by atoms with Gasteiger partial charge in [-0.15, -0.1) is 0 Å². The molecule has 0 aromatic heterocycles. The number of nitrogens with zero attached hydrogens (tertiary/aromatic N) is 1. The molecule has 0 fully saturated rings. The van der Waals surface area contributed by atoms with E-state index >= 15 is 0 Å². The highest BCUT2D eigenvalue weighted by atomic mass is 16.5. The van der Waals surface area contributed by atoms with Crippen molar-refractivity contribution in [1.82, 2.24) is 10.2 Å². The van der Waals surface area contributed by atoms with Crippen LogP contribution in [0, 0.1) is 20.8 Å². The second-order valence-corrected chi connectivity index (χ2v) is 7.47. The van der Waals surface area contributed by atoms with Gasteiger partial charge in [0.15, 0.2) is 0 Å². The van der Waals surface area contributed by atoms with Crippen LogP contribution in [-0.4, -0.2) is 37.2 Å². The van der Waals surface area contributed by atoms with Crippen molar-refractivity contribution in [1.29, 1.82) is 0 Å². The van der Waals surface area contributed by atoms with Crippen molar-refractivity contribution in [2.45, 2.75) is 33.7 Å². The Bertz CT molecular complexity index is 996. The molecule has 0 spiro atoms. The molecular formula is C24H28N2O4. The Labute approximate surface area is 177 Å². The number of hydrogen-bond donors (Lipinski definition) is 1. The minimum absolute atomic E-state index is 0.0723. The van der Waals surface area contributed by atoms with Gasteiger partial charge in [-0.3, -0.25) is 4.90 Å². The molecule has 1 N–H and O–H groups in total. The molecule has 0 aliphatic carbocycles. The van der Waals surface area contributed by atoms with Crippen molar-refractivity contribution >= 4 is 12.0 Å². The highest BCUT2D eigenvalue weighted by Gasteiger charge is 2.37. The van der Waals surface area contributed by atoms with E-state index in [4.69, 9.17) is 9.47 Å². The summed E-state index contributed by atoms with van der Waals surface area (Å²) in [4.78, 5) is 27.0. The Balaban J connectivity index is 2.03. The summed E-state index contributed by atoms with van der Waals surface area (Å²) in [6.45, 7) is 8.09. The molecule has 158 valence electrons. The zero-order valence-electron chi connectivity index (χ0n) is 18.1. The van der Waals surface area contributed by atoms with Crippen LogP contribution in [-0.2, 0) is 9.53 Å². The van der Waals surface area contributed by atoms with Crippen LogP contribution < -0.4 is 10.1 Å². The van der Waals surface area contributed by atoms with Crippen LogP contribution in [0.5, 0.6) is 5.75 Å². The van der Waals surface area contributed by atoms with E-state index in [9.17, 15) is 9.59 Å². The fourth-order valence-corrected chi connectivity index (χ4v) is 3.44. The number of hydrogen-bond acceptors (Lipinski definition) is 4. The van der Waals surface area contributed by atoms with Gasteiger partial charge in [0.2, 0.25) is 0 Å². The van der Waals surface area contributed by atoms with Gasteiger partial charge in [0.1, 0.15) is 12.4 Å². The molecule has 0 saturated carbocycles. The van der Waals surface area contributed by atoms with Crippen LogP contribution in [0.2, 0.25) is 0 Å². The second-order valence-electron chi connectivity index (χ2n) is 7.47. The molecule has 1 atom stereocenters. The molecule has 6 nitrogen and oxygen atoms in total. The van der Waals surface area contributed by atoms with Crippen molar-refractivity contribution in [3.63, 3.8) is 0 Å². The minimum Gasteiger partial charge on any atom is -0.487 e. The van der Waals surface area contributed by atoms with Crippen LogP contribution in [0.4, 0.5) is 4.79 Å². The van der Waals surface area contributed by atoms with Crippen molar-refractivity contribution in [2.75, 3.05) is 20.3 Å². The fourth-order valence-electron chi connectivity index (χ4n) is 3.44. The van der Waals surface area contributed by atoms with Crippen molar-refractivity contribution in [3.8, 4) is 5.75 Å². The Morgan fingerprint density at radius 2 is 1.87 bits per heavy atom. The Kier molecular flexibility index (Phi) is 6.45. The van der Waals surface area contributed by atoms with E-state index in [0.717, 1.165) is 16.7 Å². The lowest BCUT2D eigenvalue weighted by Crippen LogP contribution is -2.48. The van der Waals surface area contributed by atoms with E-state index in [1.807, 2.05) is 63.2 Å². The Hall–Kier alpha value is -3.28. The maximum atomic E-state index is 12.9. The Morgan fingerprint density at radius 1 is 1.10 bits per heavy atom. The maximum absolute atomic E-state index is 12.9. The van der Waals surface area contributed by atoms with E-state index in [1.165, 1.54) is 10.5 Å². The maximum Gasteiger partial charge on any atom is 0.338 e. The molecule has 0 unspecified atom stereocenters. The molecule has 1 aliphatic heterocycles. The van der Waals surface area contributed by atoms with Gasteiger partial charge >= 0.3 is 12.0 Å². The summed E-state index contributed by atoms with van der Waals surface area (Å²) >= 11 is 0. The number of urea groups is 1. The van der Waals surface area contributed by atoms with E-state index in [2.05, 4.69) is 5.32 Å². The van der Waals surface area contributed by atoms with Crippen LogP contribution in [0.15, 0.2) is 53.7 Å². The predicted molar refractivity (Wildman–Crippen MR) is 115 cm³/mol. The standard InChI is InChI=1S/C24H28N2O4/c1-6-29-23(27)21-20(14-30-19-11-10-16(3)17(4)13-19)26(5)24(28)25-22(21)18-9-7-8-15(2)12-18/h7-13,22H,6,14H2,1-5H3,(H,25,28)/t22-/m1/s1. The predicted octanol–water partition coefficient (Wildman–Crippen LogP) is 4.20. The number of esters is 1. The summed E-state index contributed by atoms with van der Waals surface area (Å²) < 4.78 is 11.3. The van der Waals surface area contributed by atoms with E-state index in [0.29, 0.717) is 17.0 Å². The largest absolute Gasteiger partial charge is 0.487 e. The van der Waals surface area contributed by atoms with Gasteiger partial charge in [-0.1, -0.05) is 35.9 Å². The molecular weight excluding hydrogens is 380 g/mol. The quantitative estimate of drug-likeness (QED) is 0.728. The summed E-state index contributed by atoms with van der Waals surface area (Å²) in [5.41, 5.74) is 5.01. The summed E-state index contributed by atoms with van der Waals surface area (Å²) in [6, 6.07) is 12.6. The minimum atomic E-state index is -0.606. The Morgan fingerprint density at radius 3 is 2.53 bits per heavy atom. The summed E-state index contributed by atoms with van der Waals surface area (Å²) in [6.07, 6.45) is 0. The lowest BCUT2D eigenvalue weighted by molar-refractivity contribution is -0.139. The van der Waals surface area contributed by atoms with Gasteiger partial charge in [-0.25, -0.2) is 9.59 Å². The molecule has 2 aromatic carbocycles. The number of amides is 2. The first-order chi connectivity index (χ1) is 14.3. The average Bonchev–Trinajstić information content (AvgIpc) is 2.71. The van der Waals surface area contributed by atoms with Crippen LogP contribution in [0.3, 0.4) is 0 Å². The fraction of sp³-hybridized carbons (Fsp3) is 0.333. The van der Waals surface area contributed by atoms with Gasteiger partial charge in [0.25, 0.3) is 0 Å². The summed E-state index contributed by atoms with van der Waals surface area (Å²) in [7, 11) is 1.63. The highest BCUT2D eigenvalue weighted by molar-refractivity contribution is 5.95. The summed E-state index contributed by atoms with van der Waals surface area (Å²) in [5.74, 6) is 0.217. The highest BCUT2D eigenvalue weighted by Crippen LogP contribution is 2.32. The number of ether oxygens (including phenoxy) is 2. The molecule has 0 bridgehead atoms. The lowest BCUT2D eigenvalue weighted by Gasteiger charge is -2.34. The van der Waals surface area contributed by atoms with Crippen molar-refractivity contribution in [2.24, 2.45) is 0 Å². The van der Waals surface area contributed by atoms with Gasteiger partial charge in [-0.05, 0) is 56.5 Å². The first kappa shape index (κ1) is 21.4. The zero-order chi connectivity index (χ0) is 21.8. The number of nitrogens with one attached hydrogen (secondary N) is 1. The van der Waals surface area contributed by atoms with Crippen LogP contribution in [0.25, 0.3) is 0 Å². The molecule has 6 heteroatoms. The third kappa shape index (κ3) is 4.48. The smallest absolute Gasteiger partial charge is 0.338 e. The molecule has 2 amide bonds. The number of carbonyl (C=O) groups is 2. The lowest BCUT2D eigenvalue weighted by atomic mass is 9.94. The molecule has 0 saturated heterocycles. The second kappa shape index (κ2) is 9.03. The third-order valence-corrected chi connectivity index (χ3v) is 5.30. The molecule has 3 rings (SSSR count). The number of likely N-dealkylation sites (N-methyl/N-ethyl adjacent to an activating group) is 1. The normalized spacial score (nSPS) is 16.4.